The van der Waals surface area contributed by atoms with Crippen LogP contribution in [0.4, 0.5) is 24.5 Å². The van der Waals surface area contributed by atoms with Crippen molar-refractivity contribution in [3.63, 3.8) is 0 Å². The predicted molar refractivity (Wildman–Crippen MR) is 119 cm³/mol. The summed E-state index contributed by atoms with van der Waals surface area (Å²) in [5.74, 6) is -0.645. The number of carbonyl (C=O) groups is 2. The summed E-state index contributed by atoms with van der Waals surface area (Å²) in [6, 6.07) is 15.6. The normalized spacial score (nSPS) is 11.0. The van der Waals surface area contributed by atoms with Gasteiger partial charge in [-0.3, -0.25) is 9.59 Å². The Kier molecular flexibility index (Phi) is 7.09. The molecule has 0 saturated heterocycles. The second-order valence-corrected chi connectivity index (χ2v) is 7.47. The van der Waals surface area contributed by atoms with Gasteiger partial charge in [0.1, 0.15) is 5.75 Å². The molecule has 0 fully saturated rings. The minimum atomic E-state index is -4.49. The Bertz CT molecular complexity index is 1130. The van der Waals surface area contributed by atoms with Crippen molar-refractivity contribution < 1.29 is 27.5 Å². The summed E-state index contributed by atoms with van der Waals surface area (Å²) >= 11 is 1.51. The largest absolute Gasteiger partial charge is 0.496 e. The lowest BCUT2D eigenvalue weighted by Gasteiger charge is -2.14. The molecule has 5 nitrogen and oxygen atoms in total. The number of hydrogen-bond donors (Lipinski definition) is 2. The van der Waals surface area contributed by atoms with Crippen molar-refractivity contribution in [2.24, 2.45) is 0 Å². The number of nitrogens with one attached hydrogen (secondary N) is 2. The van der Waals surface area contributed by atoms with Crippen LogP contribution in [0.5, 0.6) is 5.75 Å². The molecule has 9 heteroatoms. The van der Waals surface area contributed by atoms with Gasteiger partial charge in [0.05, 0.1) is 29.6 Å². The van der Waals surface area contributed by atoms with Gasteiger partial charge in [-0.25, -0.2) is 0 Å². The van der Waals surface area contributed by atoms with Crippen molar-refractivity contribution in [3.05, 3.63) is 83.4 Å². The van der Waals surface area contributed by atoms with Crippen molar-refractivity contribution in [1.82, 2.24) is 0 Å². The van der Waals surface area contributed by atoms with Gasteiger partial charge in [0.2, 0.25) is 0 Å². The highest BCUT2D eigenvalue weighted by Gasteiger charge is 2.30. The molecule has 2 N–H and O–H groups in total. The highest BCUT2D eigenvalue weighted by molar-refractivity contribution is 7.98. The van der Waals surface area contributed by atoms with E-state index in [4.69, 9.17) is 4.74 Å². The third-order valence-corrected chi connectivity index (χ3v) is 5.28. The molecular formula is C23H19F3N2O3S. The average molecular weight is 460 g/mol. The van der Waals surface area contributed by atoms with Gasteiger partial charge in [0.15, 0.2) is 0 Å². The molecule has 0 aliphatic heterocycles. The molecule has 3 aromatic carbocycles. The zero-order chi connectivity index (χ0) is 23.3. The van der Waals surface area contributed by atoms with Crippen molar-refractivity contribution in [2.75, 3.05) is 24.0 Å². The number of rotatable bonds is 6. The van der Waals surface area contributed by atoms with E-state index in [1.807, 2.05) is 6.26 Å². The van der Waals surface area contributed by atoms with E-state index in [0.717, 1.165) is 29.2 Å². The number of thioether (sulfide) groups is 1. The number of methoxy groups -OCH3 is 1. The van der Waals surface area contributed by atoms with Crippen molar-refractivity contribution in [1.29, 1.82) is 0 Å². The van der Waals surface area contributed by atoms with Gasteiger partial charge in [-0.05, 0) is 60.9 Å². The summed E-state index contributed by atoms with van der Waals surface area (Å²) < 4.78 is 43.5. The van der Waals surface area contributed by atoms with Crippen LogP contribution in [-0.4, -0.2) is 25.2 Å². The Labute approximate surface area is 187 Å². The number of para-hydroxylation sites is 2. The number of anilines is 2. The van der Waals surface area contributed by atoms with E-state index in [-0.39, 0.29) is 5.56 Å². The van der Waals surface area contributed by atoms with Crippen LogP contribution in [0.3, 0.4) is 0 Å². The lowest BCUT2D eigenvalue weighted by atomic mass is 10.1. The van der Waals surface area contributed by atoms with E-state index in [1.165, 1.54) is 18.9 Å². The molecule has 0 aromatic heterocycles. The first-order valence-electron chi connectivity index (χ1n) is 9.34. The molecule has 0 saturated carbocycles. The smallest absolute Gasteiger partial charge is 0.416 e. The van der Waals surface area contributed by atoms with E-state index in [1.54, 1.807) is 42.5 Å². The number of ether oxygens (including phenoxy) is 1. The minimum absolute atomic E-state index is 0.0495. The van der Waals surface area contributed by atoms with Crippen LogP contribution in [0.15, 0.2) is 71.6 Å². The monoisotopic (exact) mass is 460 g/mol. The Hall–Kier alpha value is -3.46. The first-order chi connectivity index (χ1) is 15.2. The Morgan fingerprint density at radius 3 is 2.00 bits per heavy atom. The molecule has 0 aliphatic rings. The lowest BCUT2D eigenvalue weighted by molar-refractivity contribution is -0.137. The van der Waals surface area contributed by atoms with Gasteiger partial charge in [-0.1, -0.05) is 12.1 Å². The molecule has 166 valence electrons. The van der Waals surface area contributed by atoms with Crippen LogP contribution in [-0.2, 0) is 6.18 Å². The number of hydrogen-bond acceptors (Lipinski definition) is 4. The average Bonchev–Trinajstić information content (AvgIpc) is 2.79. The van der Waals surface area contributed by atoms with Crippen LogP contribution in [0.25, 0.3) is 0 Å². The van der Waals surface area contributed by atoms with Gasteiger partial charge < -0.3 is 15.4 Å². The molecule has 0 unspecified atom stereocenters. The molecule has 3 aromatic rings. The Morgan fingerprint density at radius 2 is 1.47 bits per heavy atom. The van der Waals surface area contributed by atoms with Gasteiger partial charge in [0, 0.05) is 10.5 Å². The highest BCUT2D eigenvalue weighted by atomic mass is 32.2. The van der Waals surface area contributed by atoms with E-state index in [2.05, 4.69) is 10.6 Å². The number of halogens is 3. The summed E-state index contributed by atoms with van der Waals surface area (Å²) in [7, 11) is 1.47. The van der Waals surface area contributed by atoms with E-state index >= 15 is 0 Å². The standard InChI is InChI=1S/C23H19F3N2O3S/c1-31-20-13-16(32-2)11-12-17(20)22(30)28-19-6-4-3-5-18(19)27-21(29)14-7-9-15(10-8-14)23(24,25)26/h3-13H,1-2H3,(H,27,29)(H,28,30). The van der Waals surface area contributed by atoms with E-state index in [0.29, 0.717) is 22.7 Å². The van der Waals surface area contributed by atoms with Crippen molar-refractivity contribution >= 4 is 35.0 Å². The number of benzene rings is 3. The first-order valence-corrected chi connectivity index (χ1v) is 10.6. The second-order valence-electron chi connectivity index (χ2n) is 6.60. The quantitative estimate of drug-likeness (QED) is 0.447. The molecule has 0 heterocycles. The fourth-order valence-electron chi connectivity index (χ4n) is 2.88. The molecule has 0 radical (unpaired) electrons. The fraction of sp³-hybridized carbons (Fsp3) is 0.130. The third kappa shape index (κ3) is 5.42. The van der Waals surface area contributed by atoms with Crippen molar-refractivity contribution in [3.8, 4) is 5.75 Å². The minimum Gasteiger partial charge on any atom is -0.496 e. The molecule has 3 rings (SSSR count). The summed E-state index contributed by atoms with van der Waals surface area (Å²) in [5.41, 5.74) is 0.144. The number of alkyl halides is 3. The topological polar surface area (TPSA) is 67.4 Å². The van der Waals surface area contributed by atoms with Crippen LogP contribution < -0.4 is 15.4 Å². The zero-order valence-electron chi connectivity index (χ0n) is 17.1. The van der Waals surface area contributed by atoms with Gasteiger partial charge >= 0.3 is 6.18 Å². The molecule has 0 atom stereocenters. The Morgan fingerprint density at radius 1 is 0.875 bits per heavy atom. The predicted octanol–water partition coefficient (Wildman–Crippen LogP) is 5.94. The molecule has 0 aliphatic carbocycles. The first kappa shape index (κ1) is 23.2. The maximum absolute atomic E-state index is 12.8. The van der Waals surface area contributed by atoms with Crippen LogP contribution in [0.2, 0.25) is 0 Å². The van der Waals surface area contributed by atoms with Crippen LogP contribution in [0, 0.1) is 0 Å². The van der Waals surface area contributed by atoms with E-state index in [9.17, 15) is 22.8 Å². The molecule has 2 amide bonds. The number of carbonyl (C=O) groups excluding carboxylic acids is 2. The Balaban J connectivity index is 1.79. The van der Waals surface area contributed by atoms with Gasteiger partial charge in [-0.2, -0.15) is 13.2 Å². The highest BCUT2D eigenvalue weighted by Crippen LogP contribution is 2.30. The zero-order valence-corrected chi connectivity index (χ0v) is 17.9. The van der Waals surface area contributed by atoms with Crippen molar-refractivity contribution in [2.45, 2.75) is 11.1 Å². The van der Waals surface area contributed by atoms with Gasteiger partial charge in [-0.15, -0.1) is 11.8 Å². The SMILES string of the molecule is COc1cc(SC)ccc1C(=O)Nc1ccccc1NC(=O)c1ccc(C(F)(F)F)cc1. The number of amides is 2. The summed E-state index contributed by atoms with van der Waals surface area (Å²) in [6.07, 6.45) is -2.58. The van der Waals surface area contributed by atoms with E-state index < -0.39 is 23.6 Å². The molecule has 0 bridgehead atoms. The maximum atomic E-state index is 12.8. The summed E-state index contributed by atoms with van der Waals surface area (Å²) in [4.78, 5) is 26.3. The third-order valence-electron chi connectivity index (χ3n) is 4.55. The van der Waals surface area contributed by atoms with Crippen LogP contribution in [0.1, 0.15) is 26.3 Å². The lowest BCUT2D eigenvalue weighted by Crippen LogP contribution is -2.17. The fourth-order valence-corrected chi connectivity index (χ4v) is 3.31. The second kappa shape index (κ2) is 9.78. The van der Waals surface area contributed by atoms with Gasteiger partial charge in [0.25, 0.3) is 11.8 Å². The van der Waals surface area contributed by atoms with Crippen LogP contribution >= 0.6 is 11.8 Å². The summed E-state index contributed by atoms with van der Waals surface area (Å²) in [5, 5.41) is 5.35. The molecular weight excluding hydrogens is 441 g/mol. The molecule has 0 spiro atoms. The maximum Gasteiger partial charge on any atom is 0.416 e. The molecule has 32 heavy (non-hydrogen) atoms. The summed E-state index contributed by atoms with van der Waals surface area (Å²) in [6.45, 7) is 0.